The van der Waals surface area contributed by atoms with Crippen molar-refractivity contribution in [1.82, 2.24) is 35.0 Å². The molecule has 0 radical (unpaired) electrons. The number of hydrogen-bond donors (Lipinski definition) is 1. The summed E-state index contributed by atoms with van der Waals surface area (Å²) < 4.78 is 7.40. The molecule has 3 unspecified atom stereocenters. The number of nitrogens with zero attached hydrogens (tertiary/aromatic N) is 6. The summed E-state index contributed by atoms with van der Waals surface area (Å²) in [5, 5.41) is 10.6. The summed E-state index contributed by atoms with van der Waals surface area (Å²) in [4.78, 5) is 55.4. The quantitative estimate of drug-likeness (QED) is 0.571. The Morgan fingerprint density at radius 2 is 2.03 bits per heavy atom. The van der Waals surface area contributed by atoms with Crippen molar-refractivity contribution < 1.29 is 23.9 Å². The summed E-state index contributed by atoms with van der Waals surface area (Å²) in [5.41, 5.74) is 2.20. The number of carbonyl (C=O) groups excluding carboxylic acids is 4. The van der Waals surface area contributed by atoms with Crippen LogP contribution >= 0.6 is 0 Å². The number of imide groups is 1. The number of benzene rings is 1. The summed E-state index contributed by atoms with van der Waals surface area (Å²) >= 11 is 0. The Labute approximate surface area is 207 Å². The monoisotopic (exact) mass is 493 g/mol. The molecule has 6 rings (SSSR count). The van der Waals surface area contributed by atoms with Crippen LogP contribution in [0, 0.1) is 0 Å². The summed E-state index contributed by atoms with van der Waals surface area (Å²) in [6.45, 7) is 3.03. The lowest BCUT2D eigenvalue weighted by atomic mass is 9.99. The number of aromatic nitrogens is 3. The van der Waals surface area contributed by atoms with Crippen LogP contribution in [0.2, 0.25) is 0 Å². The maximum Gasteiger partial charge on any atom is 0.276 e. The maximum atomic E-state index is 13.2. The van der Waals surface area contributed by atoms with E-state index >= 15 is 0 Å². The Balaban J connectivity index is 1.17. The van der Waals surface area contributed by atoms with Crippen molar-refractivity contribution >= 4 is 23.6 Å². The molecule has 4 aliphatic rings. The van der Waals surface area contributed by atoms with Crippen molar-refractivity contribution in [3.05, 3.63) is 41.2 Å². The van der Waals surface area contributed by atoms with E-state index in [0.717, 1.165) is 25.1 Å². The average Bonchev–Trinajstić information content (AvgIpc) is 3.49. The van der Waals surface area contributed by atoms with Gasteiger partial charge in [-0.1, -0.05) is 5.21 Å². The molecular weight excluding hydrogens is 466 g/mol. The van der Waals surface area contributed by atoms with Crippen LogP contribution in [0.15, 0.2) is 24.4 Å². The first-order valence-electron chi connectivity index (χ1n) is 12.2. The SMILES string of the molecule is CN1CCOC2CCN(C(=O)c3cn(-c4ccc5c(c4)CN(C4CCC(=O)NC4=O)C5=O)nn3)CC21. The fourth-order valence-electron chi connectivity index (χ4n) is 5.58. The summed E-state index contributed by atoms with van der Waals surface area (Å²) in [6.07, 6.45) is 3.06. The molecular formula is C24H27N7O5. The molecule has 3 saturated heterocycles. The minimum Gasteiger partial charge on any atom is -0.375 e. The topological polar surface area (TPSA) is 130 Å². The fourth-order valence-corrected chi connectivity index (χ4v) is 5.58. The third kappa shape index (κ3) is 3.86. The van der Waals surface area contributed by atoms with Crippen LogP contribution in [0.25, 0.3) is 5.69 Å². The molecule has 4 amide bonds. The molecule has 0 aliphatic carbocycles. The molecule has 0 bridgehead atoms. The van der Waals surface area contributed by atoms with Gasteiger partial charge >= 0.3 is 0 Å². The molecule has 3 fully saturated rings. The fraction of sp³-hybridized carbons (Fsp3) is 0.500. The van der Waals surface area contributed by atoms with Gasteiger partial charge in [0.15, 0.2) is 5.69 Å². The van der Waals surface area contributed by atoms with Crippen molar-refractivity contribution in [1.29, 1.82) is 0 Å². The van der Waals surface area contributed by atoms with Crippen molar-refractivity contribution in [3.8, 4) is 5.69 Å². The van der Waals surface area contributed by atoms with Gasteiger partial charge in [0.25, 0.3) is 11.8 Å². The molecule has 0 saturated carbocycles. The second-order valence-corrected chi connectivity index (χ2v) is 9.79. The van der Waals surface area contributed by atoms with E-state index in [-0.39, 0.29) is 48.5 Å². The smallest absolute Gasteiger partial charge is 0.276 e. The molecule has 36 heavy (non-hydrogen) atoms. The Morgan fingerprint density at radius 3 is 2.86 bits per heavy atom. The van der Waals surface area contributed by atoms with E-state index in [0.29, 0.717) is 30.8 Å². The average molecular weight is 494 g/mol. The number of morpholine rings is 1. The Kier molecular flexibility index (Phi) is 5.56. The van der Waals surface area contributed by atoms with E-state index in [4.69, 9.17) is 4.74 Å². The second kappa shape index (κ2) is 8.79. The lowest BCUT2D eigenvalue weighted by Crippen LogP contribution is -2.59. The molecule has 12 heteroatoms. The molecule has 12 nitrogen and oxygen atoms in total. The first-order chi connectivity index (χ1) is 17.4. The van der Waals surface area contributed by atoms with Gasteiger partial charge in [-0.15, -0.1) is 5.10 Å². The molecule has 0 spiro atoms. The van der Waals surface area contributed by atoms with Crippen LogP contribution in [0.3, 0.4) is 0 Å². The summed E-state index contributed by atoms with van der Waals surface area (Å²) in [7, 11) is 2.06. The van der Waals surface area contributed by atoms with Crippen LogP contribution in [0.4, 0.5) is 0 Å². The number of likely N-dealkylation sites (N-methyl/N-ethyl adjacent to an activating group) is 1. The number of rotatable bonds is 3. The second-order valence-electron chi connectivity index (χ2n) is 9.79. The van der Waals surface area contributed by atoms with Crippen molar-refractivity contribution in [2.45, 2.75) is 44.0 Å². The van der Waals surface area contributed by atoms with Crippen LogP contribution < -0.4 is 5.32 Å². The number of ether oxygens (including phenoxy) is 1. The highest BCUT2D eigenvalue weighted by Gasteiger charge is 2.40. The van der Waals surface area contributed by atoms with E-state index in [1.165, 1.54) is 9.58 Å². The highest BCUT2D eigenvalue weighted by Crippen LogP contribution is 2.29. The number of carbonyl (C=O) groups is 4. The minimum atomic E-state index is -0.667. The Bertz CT molecular complexity index is 1260. The van der Waals surface area contributed by atoms with E-state index < -0.39 is 11.9 Å². The normalized spacial score (nSPS) is 26.6. The molecule has 4 aliphatic heterocycles. The number of fused-ring (bicyclic) bond motifs is 2. The number of piperidine rings is 2. The van der Waals surface area contributed by atoms with Crippen molar-refractivity contribution in [2.24, 2.45) is 0 Å². The number of likely N-dealkylation sites (tertiary alicyclic amines) is 1. The largest absolute Gasteiger partial charge is 0.375 e. The predicted octanol–water partition coefficient (Wildman–Crippen LogP) is -0.427. The zero-order chi connectivity index (χ0) is 25.0. The third-order valence-electron chi connectivity index (χ3n) is 7.63. The van der Waals surface area contributed by atoms with Gasteiger partial charge < -0.3 is 14.5 Å². The molecule has 188 valence electrons. The number of amides is 4. The number of hydrogen-bond acceptors (Lipinski definition) is 8. The van der Waals surface area contributed by atoms with Gasteiger partial charge in [-0.3, -0.25) is 29.4 Å². The van der Waals surface area contributed by atoms with E-state index in [9.17, 15) is 19.2 Å². The van der Waals surface area contributed by atoms with Gasteiger partial charge in [0.2, 0.25) is 11.8 Å². The van der Waals surface area contributed by atoms with Gasteiger partial charge in [0, 0.05) is 38.2 Å². The third-order valence-corrected chi connectivity index (χ3v) is 7.63. The molecule has 1 aromatic carbocycles. The Morgan fingerprint density at radius 1 is 1.17 bits per heavy atom. The first-order valence-corrected chi connectivity index (χ1v) is 12.2. The van der Waals surface area contributed by atoms with Crippen molar-refractivity contribution in [3.63, 3.8) is 0 Å². The molecule has 1 N–H and O–H groups in total. The predicted molar refractivity (Wildman–Crippen MR) is 124 cm³/mol. The summed E-state index contributed by atoms with van der Waals surface area (Å²) in [6, 6.07) is 4.77. The lowest BCUT2D eigenvalue weighted by molar-refractivity contribution is -0.136. The van der Waals surface area contributed by atoms with Crippen LogP contribution in [0.5, 0.6) is 0 Å². The van der Waals surface area contributed by atoms with E-state index in [1.54, 1.807) is 23.2 Å². The van der Waals surface area contributed by atoms with E-state index in [2.05, 4.69) is 27.6 Å². The van der Waals surface area contributed by atoms with Crippen molar-refractivity contribution in [2.75, 3.05) is 33.3 Å². The van der Waals surface area contributed by atoms with Gasteiger partial charge in [-0.25, -0.2) is 4.68 Å². The zero-order valence-corrected chi connectivity index (χ0v) is 19.9. The first kappa shape index (κ1) is 22.8. The highest BCUT2D eigenvalue weighted by molar-refractivity contribution is 6.05. The number of nitrogens with one attached hydrogen (secondary N) is 1. The maximum absolute atomic E-state index is 13.2. The molecule has 3 atom stereocenters. The van der Waals surface area contributed by atoms with E-state index in [1.807, 2.05) is 6.07 Å². The summed E-state index contributed by atoms with van der Waals surface area (Å²) in [5.74, 6) is -1.16. The van der Waals surface area contributed by atoms with Gasteiger partial charge in [-0.2, -0.15) is 0 Å². The highest BCUT2D eigenvalue weighted by atomic mass is 16.5. The molecule has 1 aromatic heterocycles. The molecule has 5 heterocycles. The Hall–Kier alpha value is -3.64. The lowest BCUT2D eigenvalue weighted by Gasteiger charge is -2.45. The van der Waals surface area contributed by atoms with Gasteiger partial charge in [0.05, 0.1) is 30.6 Å². The van der Waals surface area contributed by atoms with Gasteiger partial charge in [0.1, 0.15) is 6.04 Å². The standard InChI is InChI=1S/C24H27N7O5/c1-28-8-9-36-20-6-7-29(13-19(20)28)24(35)17-12-31(27-26-17)15-2-3-16-14(10-15)11-30(23(16)34)18-4-5-21(32)25-22(18)33/h2-3,10,12,18-20H,4-9,11,13H2,1H3,(H,25,32,33). The zero-order valence-electron chi connectivity index (χ0n) is 19.9. The van der Waals surface area contributed by atoms with Crippen LogP contribution in [0.1, 0.15) is 45.7 Å². The minimum absolute atomic E-state index is 0.150. The molecule has 2 aromatic rings. The van der Waals surface area contributed by atoms with Gasteiger partial charge in [-0.05, 0) is 43.7 Å². The van der Waals surface area contributed by atoms with Crippen LogP contribution in [-0.4, -0.2) is 105 Å². The van der Waals surface area contributed by atoms with Crippen LogP contribution in [-0.2, 0) is 20.9 Å².